The first-order chi connectivity index (χ1) is 35.4. The molecular weight excluding hydrogens is 917 g/mol. The third-order valence-corrected chi connectivity index (χ3v) is 18.2. The van der Waals surface area contributed by atoms with E-state index in [1.807, 2.05) is 0 Å². The van der Waals surface area contributed by atoms with Crippen LogP contribution in [-0.2, 0) is 28.6 Å². The Labute approximate surface area is 449 Å². The normalized spacial score (nSPS) is 22.3. The van der Waals surface area contributed by atoms with Crippen molar-refractivity contribution in [1.82, 2.24) is 4.90 Å². The summed E-state index contributed by atoms with van der Waals surface area (Å²) in [4.78, 5) is 43.6. The van der Waals surface area contributed by atoms with Crippen LogP contribution < -0.4 is 0 Å². The van der Waals surface area contributed by atoms with Crippen LogP contribution in [0, 0.1) is 34.0 Å². The molecule has 0 radical (unpaired) electrons. The van der Waals surface area contributed by atoms with Gasteiger partial charge in [0.25, 0.3) is 0 Å². The average Bonchev–Trinajstić information content (AvgIpc) is 3.56. The van der Waals surface area contributed by atoms with Crippen molar-refractivity contribution in [3.63, 3.8) is 0 Å². The van der Waals surface area contributed by atoms with Crippen LogP contribution in [0.3, 0.4) is 0 Å². The third-order valence-electron chi connectivity index (χ3n) is 18.2. The molecule has 0 N–H and O–H groups in total. The minimum atomic E-state index is -1.66. The van der Waals surface area contributed by atoms with Gasteiger partial charge in [-0.1, -0.05) is 221 Å². The number of halogens is 2. The summed E-state index contributed by atoms with van der Waals surface area (Å²) in [5.74, 6) is -2.05. The van der Waals surface area contributed by atoms with Crippen LogP contribution in [0.15, 0.2) is 0 Å². The molecule has 0 amide bonds. The molecule has 4 bridgehead atoms. The van der Waals surface area contributed by atoms with E-state index in [0.717, 1.165) is 135 Å². The van der Waals surface area contributed by atoms with Crippen molar-refractivity contribution in [3.8, 4) is 0 Å². The minimum absolute atomic E-state index is 0.115. The molecule has 4 saturated carbocycles. The first kappa shape index (κ1) is 65.5. The molecule has 73 heavy (non-hydrogen) atoms. The molecule has 4 unspecified atom stereocenters. The molecule has 4 aliphatic carbocycles. The van der Waals surface area contributed by atoms with E-state index in [1.165, 1.54) is 103 Å². The summed E-state index contributed by atoms with van der Waals surface area (Å²) in [5.41, 5.74) is -1.18. The maximum Gasteiger partial charge on any atom is 0.341 e. The summed E-state index contributed by atoms with van der Waals surface area (Å²) < 4.78 is 51.8. The van der Waals surface area contributed by atoms with Crippen LogP contribution in [0.1, 0.15) is 305 Å². The second-order valence-electron chi connectivity index (χ2n) is 24.8. The Hall–Kier alpha value is -1.77. The number of alkyl halides is 2. The van der Waals surface area contributed by atoms with E-state index in [0.29, 0.717) is 51.6 Å². The fourth-order valence-electron chi connectivity index (χ4n) is 14.0. The maximum absolute atomic E-state index is 16.7. The molecule has 0 aromatic carbocycles. The van der Waals surface area contributed by atoms with Gasteiger partial charge >= 0.3 is 17.9 Å². The molecule has 9 heteroatoms. The standard InChI is InChI=1S/C64H117F2NO6/c1-7-13-17-21-25-29-33-38-55(39-34-30-26-22-18-14-8-2)58(65)60(69)72-52-63-44-43-62(51-71-57(68)42-37-45-67(11-5)12-6)46-54(47-63)48-64(49-62,50-63)53-73-61(70)59(66)56(40-35-31-27-23-19-15-9-3)41-36-32-28-24-20-16-10-4/h54-56,58-59H,7-53H2,1-6H3/t54?,58-,59-,62?,63?,64?/m1/s1. The number of hydrogen-bond donors (Lipinski definition) is 0. The van der Waals surface area contributed by atoms with E-state index in [1.54, 1.807) is 0 Å². The van der Waals surface area contributed by atoms with Crippen molar-refractivity contribution in [1.29, 1.82) is 0 Å². The highest BCUT2D eigenvalue weighted by atomic mass is 19.1. The highest BCUT2D eigenvalue weighted by molar-refractivity contribution is 5.75. The number of carbonyl (C=O) groups excluding carboxylic acids is 3. The Morgan fingerprint density at radius 1 is 0.438 bits per heavy atom. The molecule has 7 nitrogen and oxygen atoms in total. The Kier molecular flexibility index (Phi) is 34.8. The van der Waals surface area contributed by atoms with Gasteiger partial charge in [-0.05, 0) is 103 Å². The third kappa shape index (κ3) is 26.0. The summed E-state index contributed by atoms with van der Waals surface area (Å²) >= 11 is 0. The highest BCUT2D eigenvalue weighted by Gasteiger charge is 2.61. The predicted octanol–water partition coefficient (Wildman–Crippen LogP) is 18.6. The van der Waals surface area contributed by atoms with Gasteiger partial charge in [0.1, 0.15) is 0 Å². The van der Waals surface area contributed by atoms with Crippen molar-refractivity contribution in [2.24, 2.45) is 34.0 Å². The number of fused-ring (bicyclic) bond motifs is 1. The average molecular weight is 1030 g/mol. The van der Waals surface area contributed by atoms with Gasteiger partial charge in [-0.3, -0.25) is 4.79 Å². The van der Waals surface area contributed by atoms with Gasteiger partial charge in [-0.2, -0.15) is 0 Å². The fourth-order valence-corrected chi connectivity index (χ4v) is 14.0. The molecule has 0 aromatic heterocycles. The Morgan fingerprint density at radius 2 is 0.753 bits per heavy atom. The lowest BCUT2D eigenvalue weighted by molar-refractivity contribution is -0.169. The molecule has 428 valence electrons. The number of esters is 3. The molecule has 6 atom stereocenters. The number of ether oxygens (including phenoxy) is 3. The van der Waals surface area contributed by atoms with E-state index in [-0.39, 0.29) is 42.4 Å². The van der Waals surface area contributed by atoms with Crippen LogP contribution in [0.4, 0.5) is 8.78 Å². The van der Waals surface area contributed by atoms with E-state index < -0.39 is 35.1 Å². The Morgan fingerprint density at radius 3 is 1.11 bits per heavy atom. The van der Waals surface area contributed by atoms with Crippen molar-refractivity contribution >= 4 is 17.9 Å². The summed E-state index contributed by atoms with van der Waals surface area (Å²) in [6, 6.07) is 0. The Balaban J connectivity index is 1.77. The number of hydrogen-bond acceptors (Lipinski definition) is 7. The fraction of sp³-hybridized carbons (Fsp3) is 0.953. The van der Waals surface area contributed by atoms with Crippen LogP contribution in [0.25, 0.3) is 0 Å². The van der Waals surface area contributed by atoms with Crippen LogP contribution in [-0.4, -0.2) is 74.6 Å². The van der Waals surface area contributed by atoms with E-state index in [4.69, 9.17) is 14.2 Å². The zero-order valence-corrected chi connectivity index (χ0v) is 48.8. The SMILES string of the molecule is CCCCCCCCCC(CCCCCCCCC)[C@@H](F)C(=O)OCC12CCC3(COC(=O)CCCN(CC)CC)CC(C1)CC(COC(=O)[C@H](F)C(CCCCCCCCC)CCCCCCCCC)(C3)C2. The van der Waals surface area contributed by atoms with Gasteiger partial charge in [0.2, 0.25) is 0 Å². The Bertz CT molecular complexity index is 1390. The van der Waals surface area contributed by atoms with Gasteiger partial charge in [0, 0.05) is 34.5 Å². The first-order valence-corrected chi connectivity index (χ1v) is 31.9. The predicted molar refractivity (Wildman–Crippen MR) is 300 cm³/mol. The smallest absolute Gasteiger partial charge is 0.341 e. The highest BCUT2D eigenvalue weighted by Crippen LogP contribution is 2.67. The second-order valence-corrected chi connectivity index (χ2v) is 24.8. The lowest BCUT2D eigenvalue weighted by atomic mass is 9.51. The molecular formula is C64H117F2NO6. The number of unbranched alkanes of at least 4 members (excludes halogenated alkanes) is 24. The number of rotatable bonds is 48. The molecule has 0 heterocycles. The molecule has 0 aromatic rings. The first-order valence-electron chi connectivity index (χ1n) is 31.9. The molecule has 4 rings (SSSR count). The second kappa shape index (κ2) is 38.7. The van der Waals surface area contributed by atoms with Crippen molar-refractivity contribution < 1.29 is 37.4 Å². The quantitative estimate of drug-likeness (QED) is 0.0341. The zero-order chi connectivity index (χ0) is 53.1. The lowest BCUT2D eigenvalue weighted by Gasteiger charge is -2.54. The monoisotopic (exact) mass is 1030 g/mol. The van der Waals surface area contributed by atoms with E-state index >= 15 is 8.78 Å². The van der Waals surface area contributed by atoms with Crippen LogP contribution in [0.5, 0.6) is 0 Å². The van der Waals surface area contributed by atoms with Crippen LogP contribution in [0.2, 0.25) is 0 Å². The topological polar surface area (TPSA) is 82.1 Å². The zero-order valence-electron chi connectivity index (χ0n) is 48.8. The summed E-state index contributed by atoms with van der Waals surface area (Å²) in [5, 5.41) is 0. The van der Waals surface area contributed by atoms with E-state index in [9.17, 15) is 14.4 Å². The summed E-state index contributed by atoms with van der Waals surface area (Å²) in [7, 11) is 0. The lowest BCUT2D eigenvalue weighted by Crippen LogP contribution is -2.50. The number of carbonyl (C=O) groups is 3. The van der Waals surface area contributed by atoms with Crippen molar-refractivity contribution in [2.45, 2.75) is 317 Å². The maximum atomic E-state index is 16.7. The van der Waals surface area contributed by atoms with E-state index in [2.05, 4.69) is 46.4 Å². The summed E-state index contributed by atoms with van der Waals surface area (Å²) in [6.07, 6.45) is 38.6. The molecule has 0 saturated heterocycles. The van der Waals surface area contributed by atoms with Crippen molar-refractivity contribution in [2.75, 3.05) is 39.5 Å². The summed E-state index contributed by atoms with van der Waals surface area (Å²) in [6.45, 7) is 16.5. The van der Waals surface area contributed by atoms with Crippen LogP contribution >= 0.6 is 0 Å². The van der Waals surface area contributed by atoms with Gasteiger partial charge in [0.15, 0.2) is 12.3 Å². The van der Waals surface area contributed by atoms with Crippen molar-refractivity contribution in [3.05, 3.63) is 0 Å². The van der Waals surface area contributed by atoms with Gasteiger partial charge in [0.05, 0.1) is 19.8 Å². The molecule has 4 fully saturated rings. The number of nitrogens with zero attached hydrogens (tertiary/aromatic N) is 1. The molecule has 4 aliphatic rings. The molecule has 0 spiro atoms. The largest absolute Gasteiger partial charge is 0.465 e. The molecule has 0 aliphatic heterocycles. The van der Waals surface area contributed by atoms with Gasteiger partial charge in [-0.15, -0.1) is 0 Å². The minimum Gasteiger partial charge on any atom is -0.465 e. The van der Waals surface area contributed by atoms with Gasteiger partial charge < -0.3 is 19.1 Å². The van der Waals surface area contributed by atoms with Gasteiger partial charge in [-0.25, -0.2) is 18.4 Å².